The first-order valence-electron chi connectivity index (χ1n) is 10.9. The average molecular weight is 541 g/mol. The van der Waals surface area contributed by atoms with Crippen LogP contribution in [-0.2, 0) is 0 Å². The van der Waals surface area contributed by atoms with Crippen molar-refractivity contribution in [2.75, 3.05) is 21.0 Å². The molecule has 0 unspecified atom stereocenters. The van der Waals surface area contributed by atoms with Crippen LogP contribution in [0.15, 0.2) is 64.0 Å². The molecule has 13 heteroatoms. The molecule has 0 atom stereocenters. The minimum Gasteiger partial charge on any atom is -0.497 e. The fourth-order valence-electron chi connectivity index (χ4n) is 3.69. The molecule has 4 aromatic rings. The van der Waals surface area contributed by atoms with Gasteiger partial charge in [-0.2, -0.15) is 5.10 Å². The number of benzene rings is 3. The number of fused-ring (bicyclic) bond motifs is 1. The van der Waals surface area contributed by atoms with E-state index in [1.54, 1.807) is 23.6 Å². The second kappa shape index (κ2) is 10.3. The molecule has 10 nitrogen and oxygen atoms in total. The SMILES string of the molecule is COc1ccc(OC)c(-c2csc(=Nc3ccc(F)cc3F)n2/N=C/c2cc3c(cc2[N+](=O)[O-])OCO3)c1. The molecule has 5 rings (SSSR count). The van der Waals surface area contributed by atoms with Gasteiger partial charge in [-0.25, -0.2) is 18.4 Å². The highest BCUT2D eigenvalue weighted by Gasteiger charge is 2.23. The van der Waals surface area contributed by atoms with Gasteiger partial charge < -0.3 is 18.9 Å². The van der Waals surface area contributed by atoms with E-state index in [9.17, 15) is 18.9 Å². The molecule has 0 spiro atoms. The number of nitro groups is 1. The van der Waals surface area contributed by atoms with Crippen molar-refractivity contribution >= 4 is 28.9 Å². The third-order valence-electron chi connectivity index (χ3n) is 5.52. The van der Waals surface area contributed by atoms with E-state index in [2.05, 4.69) is 10.1 Å². The molecule has 0 N–H and O–H groups in total. The molecular weight excluding hydrogens is 522 g/mol. The molecule has 3 aromatic carbocycles. The second-order valence-electron chi connectivity index (χ2n) is 7.76. The monoisotopic (exact) mass is 540 g/mol. The topological polar surface area (TPSA) is 110 Å². The van der Waals surface area contributed by atoms with Crippen LogP contribution in [0.1, 0.15) is 5.56 Å². The maximum atomic E-state index is 14.4. The molecular formula is C25H18F2N4O6S. The van der Waals surface area contributed by atoms with Crippen LogP contribution in [-0.4, -0.2) is 36.8 Å². The van der Waals surface area contributed by atoms with Crippen molar-refractivity contribution in [3.63, 3.8) is 0 Å². The summed E-state index contributed by atoms with van der Waals surface area (Å²) in [5.41, 5.74) is 0.821. The number of hydrogen-bond acceptors (Lipinski definition) is 9. The van der Waals surface area contributed by atoms with Gasteiger partial charge in [0.15, 0.2) is 17.3 Å². The third kappa shape index (κ3) is 4.78. The maximum absolute atomic E-state index is 14.4. The predicted molar refractivity (Wildman–Crippen MR) is 135 cm³/mol. The summed E-state index contributed by atoms with van der Waals surface area (Å²) in [5.74, 6) is 0.0103. The number of hydrogen-bond donors (Lipinski definition) is 0. The zero-order valence-corrected chi connectivity index (χ0v) is 20.7. The van der Waals surface area contributed by atoms with Crippen molar-refractivity contribution in [2.45, 2.75) is 0 Å². The number of halogens is 2. The van der Waals surface area contributed by atoms with Crippen LogP contribution in [0.5, 0.6) is 23.0 Å². The van der Waals surface area contributed by atoms with Gasteiger partial charge >= 0.3 is 0 Å². The molecule has 0 bridgehead atoms. The Bertz CT molecular complexity index is 1650. The third-order valence-corrected chi connectivity index (χ3v) is 6.34. The number of aromatic nitrogens is 1. The van der Waals surface area contributed by atoms with E-state index in [4.69, 9.17) is 18.9 Å². The molecule has 0 saturated heterocycles. The standard InChI is InChI=1S/C25H18F2N4O6S/c1-34-16-4-6-22(35-2)17(9-16)21-12-38-25(29-19-5-3-15(26)8-18(19)27)30(21)28-11-14-7-23-24(37-13-36-23)10-20(14)31(32)33/h3-12H,13H2,1-2H3/b28-11+,29-25?. The summed E-state index contributed by atoms with van der Waals surface area (Å²) in [5, 5.41) is 17.9. The molecule has 1 aromatic heterocycles. The summed E-state index contributed by atoms with van der Waals surface area (Å²) in [4.78, 5) is 15.7. The lowest BCUT2D eigenvalue weighted by Gasteiger charge is -2.11. The lowest BCUT2D eigenvalue weighted by atomic mass is 10.1. The quantitative estimate of drug-likeness (QED) is 0.180. The minimum absolute atomic E-state index is 0.0571. The van der Waals surface area contributed by atoms with E-state index in [1.165, 1.54) is 43.3 Å². The zero-order valence-electron chi connectivity index (χ0n) is 19.9. The Balaban J connectivity index is 1.71. The molecule has 1 aliphatic heterocycles. The lowest BCUT2D eigenvalue weighted by molar-refractivity contribution is -0.385. The summed E-state index contributed by atoms with van der Waals surface area (Å²) in [7, 11) is 3.02. The number of methoxy groups -OCH3 is 2. The van der Waals surface area contributed by atoms with Crippen molar-refractivity contribution < 1.29 is 32.7 Å². The van der Waals surface area contributed by atoms with E-state index in [1.807, 2.05) is 0 Å². The summed E-state index contributed by atoms with van der Waals surface area (Å²) in [6, 6.07) is 10.9. The maximum Gasteiger partial charge on any atom is 0.282 e. The van der Waals surface area contributed by atoms with Gasteiger partial charge in [0.25, 0.3) is 5.69 Å². The van der Waals surface area contributed by atoms with Crippen molar-refractivity contribution in [1.82, 2.24) is 4.68 Å². The van der Waals surface area contributed by atoms with Gasteiger partial charge in [0.05, 0.1) is 42.7 Å². The Kier molecular flexibility index (Phi) is 6.75. The van der Waals surface area contributed by atoms with Crippen molar-refractivity contribution in [1.29, 1.82) is 0 Å². The van der Waals surface area contributed by atoms with E-state index < -0.39 is 16.6 Å². The van der Waals surface area contributed by atoms with E-state index in [0.717, 1.165) is 23.5 Å². The summed E-state index contributed by atoms with van der Waals surface area (Å²) < 4.78 is 50.7. The van der Waals surface area contributed by atoms with Crippen LogP contribution >= 0.6 is 11.3 Å². The largest absolute Gasteiger partial charge is 0.497 e. The van der Waals surface area contributed by atoms with Gasteiger partial charge in [-0.1, -0.05) is 0 Å². The Labute approximate surface area is 217 Å². The normalized spacial score (nSPS) is 12.8. The highest BCUT2D eigenvalue weighted by Crippen LogP contribution is 2.38. The van der Waals surface area contributed by atoms with Crippen molar-refractivity contribution in [3.8, 4) is 34.3 Å². The van der Waals surface area contributed by atoms with E-state index >= 15 is 0 Å². The Morgan fingerprint density at radius 1 is 1.08 bits per heavy atom. The first-order valence-corrected chi connectivity index (χ1v) is 11.8. The highest BCUT2D eigenvalue weighted by molar-refractivity contribution is 7.07. The first kappa shape index (κ1) is 24.9. The van der Waals surface area contributed by atoms with Gasteiger partial charge in [0.2, 0.25) is 11.6 Å². The second-order valence-corrected chi connectivity index (χ2v) is 8.59. The molecule has 0 aliphatic carbocycles. The Morgan fingerprint density at radius 2 is 1.87 bits per heavy atom. The average Bonchev–Trinajstić information content (AvgIpc) is 3.54. The van der Waals surface area contributed by atoms with Gasteiger partial charge in [-0.15, -0.1) is 11.3 Å². The predicted octanol–water partition coefficient (Wildman–Crippen LogP) is 5.26. The van der Waals surface area contributed by atoms with Crippen LogP contribution in [0.3, 0.4) is 0 Å². The van der Waals surface area contributed by atoms with Gasteiger partial charge in [0, 0.05) is 17.0 Å². The summed E-state index contributed by atoms with van der Waals surface area (Å²) in [6.45, 7) is -0.0571. The Morgan fingerprint density at radius 3 is 2.58 bits per heavy atom. The van der Waals surface area contributed by atoms with Crippen LogP contribution in [0, 0.1) is 21.7 Å². The highest BCUT2D eigenvalue weighted by atomic mass is 32.1. The number of thiazole rings is 1. The smallest absolute Gasteiger partial charge is 0.282 e. The van der Waals surface area contributed by atoms with E-state index in [-0.39, 0.29) is 34.3 Å². The zero-order chi connectivity index (χ0) is 26.8. The van der Waals surface area contributed by atoms with Gasteiger partial charge in [-0.05, 0) is 36.4 Å². The van der Waals surface area contributed by atoms with Crippen molar-refractivity contribution in [2.24, 2.45) is 10.1 Å². The number of nitrogens with zero attached hydrogens (tertiary/aromatic N) is 4. The van der Waals surface area contributed by atoms with Gasteiger partial charge in [0.1, 0.15) is 23.0 Å². The fourth-order valence-corrected chi connectivity index (χ4v) is 4.53. The molecule has 0 amide bonds. The lowest BCUT2D eigenvalue weighted by Crippen LogP contribution is -2.12. The molecule has 1 aliphatic rings. The molecule has 0 saturated carbocycles. The fraction of sp³-hybridized carbons (Fsp3) is 0.120. The van der Waals surface area contributed by atoms with Crippen LogP contribution in [0.2, 0.25) is 0 Å². The van der Waals surface area contributed by atoms with Crippen molar-refractivity contribution in [3.05, 3.63) is 86.0 Å². The molecule has 2 heterocycles. The van der Waals surface area contributed by atoms with E-state index in [0.29, 0.717) is 28.5 Å². The summed E-state index contributed by atoms with van der Waals surface area (Å²) >= 11 is 1.12. The number of rotatable bonds is 7. The molecule has 0 radical (unpaired) electrons. The van der Waals surface area contributed by atoms with Gasteiger partial charge in [-0.3, -0.25) is 10.1 Å². The minimum atomic E-state index is -0.860. The molecule has 194 valence electrons. The molecule has 0 fully saturated rings. The first-order chi connectivity index (χ1) is 18.4. The summed E-state index contributed by atoms with van der Waals surface area (Å²) in [6.07, 6.45) is 1.27. The number of ether oxygens (including phenoxy) is 4. The van der Waals surface area contributed by atoms with Crippen LogP contribution in [0.25, 0.3) is 11.3 Å². The van der Waals surface area contributed by atoms with Crippen LogP contribution < -0.4 is 23.7 Å². The Hall–Kier alpha value is -4.78. The number of nitro benzene ring substituents is 1. The van der Waals surface area contributed by atoms with Crippen LogP contribution in [0.4, 0.5) is 20.2 Å². The molecule has 38 heavy (non-hydrogen) atoms.